The molecule has 1 heterocycles. The summed E-state index contributed by atoms with van der Waals surface area (Å²) in [6, 6.07) is 17.6. The van der Waals surface area contributed by atoms with Crippen LogP contribution in [0.15, 0.2) is 73.1 Å². The van der Waals surface area contributed by atoms with E-state index >= 15 is 0 Å². The molecule has 0 saturated heterocycles. The summed E-state index contributed by atoms with van der Waals surface area (Å²) in [5.41, 5.74) is 6.65. The zero-order valence-electron chi connectivity index (χ0n) is 14.3. The number of hydrogen-bond donors (Lipinski definition) is 2. The highest BCUT2D eigenvalue weighted by Gasteiger charge is 2.09. The second-order valence-electron chi connectivity index (χ2n) is 5.50. The zero-order valence-corrected chi connectivity index (χ0v) is 14.3. The Bertz CT molecular complexity index is 870. The van der Waals surface area contributed by atoms with Crippen molar-refractivity contribution in [2.45, 2.75) is 6.92 Å². The van der Waals surface area contributed by atoms with Crippen molar-refractivity contribution in [2.75, 3.05) is 6.61 Å². The van der Waals surface area contributed by atoms with Crippen LogP contribution in [-0.2, 0) is 0 Å². The molecule has 3 rings (SSSR count). The minimum Gasteiger partial charge on any atom is -0.494 e. The molecule has 3 aromatic rings. The third-order valence-corrected chi connectivity index (χ3v) is 3.75. The molecule has 26 heavy (non-hydrogen) atoms. The standard InChI is InChI=1S/C20H19N3O3/c1-2-26-18-11-7-16(8-12-18)20(25)22-21-19(24)15-5-9-17(10-6-15)23-13-3-4-14-23/h3-14H,2H2,1H3,(H,21,24)(H,22,25). The van der Waals surface area contributed by atoms with Crippen LogP contribution in [0.25, 0.3) is 5.69 Å². The lowest BCUT2D eigenvalue weighted by Crippen LogP contribution is -2.41. The van der Waals surface area contributed by atoms with Crippen molar-refractivity contribution < 1.29 is 14.3 Å². The molecule has 2 amide bonds. The van der Waals surface area contributed by atoms with Crippen LogP contribution in [0, 0.1) is 0 Å². The van der Waals surface area contributed by atoms with Crippen LogP contribution in [0.5, 0.6) is 5.75 Å². The summed E-state index contributed by atoms with van der Waals surface area (Å²) < 4.78 is 7.27. The van der Waals surface area contributed by atoms with E-state index in [0.717, 1.165) is 5.69 Å². The highest BCUT2D eigenvalue weighted by molar-refractivity contribution is 5.99. The van der Waals surface area contributed by atoms with Crippen LogP contribution in [0.2, 0.25) is 0 Å². The largest absolute Gasteiger partial charge is 0.494 e. The van der Waals surface area contributed by atoms with E-state index in [1.54, 1.807) is 36.4 Å². The third kappa shape index (κ3) is 4.10. The predicted octanol–water partition coefficient (Wildman–Crippen LogP) is 2.95. The van der Waals surface area contributed by atoms with E-state index in [0.29, 0.717) is 23.5 Å². The number of benzene rings is 2. The molecule has 0 saturated carbocycles. The fraction of sp³-hybridized carbons (Fsp3) is 0.100. The van der Waals surface area contributed by atoms with E-state index in [2.05, 4.69) is 10.9 Å². The second-order valence-corrected chi connectivity index (χ2v) is 5.50. The highest BCUT2D eigenvalue weighted by Crippen LogP contribution is 2.12. The van der Waals surface area contributed by atoms with Gasteiger partial charge in [-0.15, -0.1) is 0 Å². The van der Waals surface area contributed by atoms with Crippen molar-refractivity contribution in [3.05, 3.63) is 84.2 Å². The normalized spacial score (nSPS) is 10.2. The Labute approximate surface area is 151 Å². The van der Waals surface area contributed by atoms with Gasteiger partial charge in [0.25, 0.3) is 11.8 Å². The first-order valence-electron chi connectivity index (χ1n) is 8.24. The first kappa shape index (κ1) is 17.3. The van der Waals surface area contributed by atoms with Gasteiger partial charge >= 0.3 is 0 Å². The van der Waals surface area contributed by atoms with Gasteiger partial charge in [0.15, 0.2) is 0 Å². The average Bonchev–Trinajstić information content (AvgIpc) is 3.21. The van der Waals surface area contributed by atoms with Gasteiger partial charge in [0.2, 0.25) is 0 Å². The van der Waals surface area contributed by atoms with Gasteiger partial charge in [-0.2, -0.15) is 0 Å². The summed E-state index contributed by atoms with van der Waals surface area (Å²) in [6.45, 7) is 2.45. The van der Waals surface area contributed by atoms with Gasteiger partial charge in [-0.3, -0.25) is 20.4 Å². The molecule has 0 fully saturated rings. The van der Waals surface area contributed by atoms with Crippen molar-refractivity contribution in [1.29, 1.82) is 0 Å². The van der Waals surface area contributed by atoms with E-state index in [9.17, 15) is 9.59 Å². The van der Waals surface area contributed by atoms with E-state index in [4.69, 9.17) is 4.74 Å². The number of carbonyl (C=O) groups is 2. The lowest BCUT2D eigenvalue weighted by atomic mass is 10.2. The first-order valence-corrected chi connectivity index (χ1v) is 8.24. The Balaban J connectivity index is 1.57. The molecule has 0 radical (unpaired) electrons. The number of nitrogens with one attached hydrogen (secondary N) is 2. The summed E-state index contributed by atoms with van der Waals surface area (Å²) in [7, 11) is 0. The minimum atomic E-state index is -0.398. The lowest BCUT2D eigenvalue weighted by molar-refractivity contribution is 0.0846. The van der Waals surface area contributed by atoms with Crippen molar-refractivity contribution >= 4 is 11.8 Å². The third-order valence-electron chi connectivity index (χ3n) is 3.75. The Morgan fingerprint density at radius 2 is 1.35 bits per heavy atom. The van der Waals surface area contributed by atoms with E-state index < -0.39 is 5.91 Å². The predicted molar refractivity (Wildman–Crippen MR) is 98.3 cm³/mol. The second kappa shape index (κ2) is 8.02. The molecule has 6 nitrogen and oxygen atoms in total. The van der Waals surface area contributed by atoms with Crippen LogP contribution in [0.1, 0.15) is 27.6 Å². The number of hydrazine groups is 1. The molecule has 0 aliphatic rings. The summed E-state index contributed by atoms with van der Waals surface area (Å²) in [5.74, 6) is -0.0930. The Morgan fingerprint density at radius 3 is 1.85 bits per heavy atom. The topological polar surface area (TPSA) is 72.4 Å². The Morgan fingerprint density at radius 1 is 0.846 bits per heavy atom. The molecule has 0 bridgehead atoms. The van der Waals surface area contributed by atoms with Crippen LogP contribution < -0.4 is 15.6 Å². The van der Waals surface area contributed by atoms with Crippen molar-refractivity contribution in [2.24, 2.45) is 0 Å². The fourth-order valence-electron chi connectivity index (χ4n) is 2.42. The van der Waals surface area contributed by atoms with Crippen LogP contribution in [-0.4, -0.2) is 23.0 Å². The van der Waals surface area contributed by atoms with Crippen LogP contribution in [0.4, 0.5) is 0 Å². The number of hydrogen-bond acceptors (Lipinski definition) is 3. The van der Waals surface area contributed by atoms with Gasteiger partial charge in [0.1, 0.15) is 5.75 Å². The molecule has 1 aromatic heterocycles. The molecule has 0 atom stereocenters. The first-order chi connectivity index (χ1) is 12.7. The number of rotatable bonds is 5. The van der Waals surface area contributed by atoms with E-state index in [-0.39, 0.29) is 5.91 Å². The minimum absolute atomic E-state index is 0.386. The van der Waals surface area contributed by atoms with Gasteiger partial charge < -0.3 is 9.30 Å². The van der Waals surface area contributed by atoms with Crippen LogP contribution >= 0.6 is 0 Å². The molecule has 6 heteroatoms. The number of amides is 2. The number of aromatic nitrogens is 1. The van der Waals surface area contributed by atoms with Gasteiger partial charge in [-0.1, -0.05) is 0 Å². The maximum absolute atomic E-state index is 12.2. The molecule has 132 valence electrons. The molecule has 0 spiro atoms. The van der Waals surface area contributed by atoms with Crippen molar-refractivity contribution in [1.82, 2.24) is 15.4 Å². The molecular weight excluding hydrogens is 330 g/mol. The monoisotopic (exact) mass is 349 g/mol. The van der Waals surface area contributed by atoms with Crippen molar-refractivity contribution in [3.8, 4) is 11.4 Å². The number of carbonyl (C=O) groups excluding carboxylic acids is 2. The molecule has 2 N–H and O–H groups in total. The zero-order chi connectivity index (χ0) is 18.4. The summed E-state index contributed by atoms with van der Waals surface area (Å²) in [4.78, 5) is 24.3. The van der Waals surface area contributed by atoms with E-state index in [1.165, 1.54) is 0 Å². The fourth-order valence-corrected chi connectivity index (χ4v) is 2.42. The molecule has 0 aliphatic heterocycles. The maximum Gasteiger partial charge on any atom is 0.269 e. The van der Waals surface area contributed by atoms with Gasteiger partial charge in [0.05, 0.1) is 6.61 Å². The summed E-state index contributed by atoms with van der Waals surface area (Å²) in [5, 5.41) is 0. The molecular formula is C20H19N3O3. The number of ether oxygens (including phenoxy) is 1. The maximum atomic E-state index is 12.2. The quantitative estimate of drug-likeness (QED) is 0.696. The summed E-state index contributed by atoms with van der Waals surface area (Å²) in [6.07, 6.45) is 3.85. The van der Waals surface area contributed by atoms with Gasteiger partial charge in [0, 0.05) is 29.2 Å². The Kier molecular flexibility index (Phi) is 5.34. The van der Waals surface area contributed by atoms with Gasteiger partial charge in [-0.25, -0.2) is 0 Å². The van der Waals surface area contributed by atoms with Crippen molar-refractivity contribution in [3.63, 3.8) is 0 Å². The Hall–Kier alpha value is -3.54. The molecule has 0 unspecified atom stereocenters. The smallest absolute Gasteiger partial charge is 0.269 e. The molecule has 0 aliphatic carbocycles. The molecule has 2 aromatic carbocycles. The van der Waals surface area contributed by atoms with Gasteiger partial charge in [-0.05, 0) is 67.6 Å². The summed E-state index contributed by atoms with van der Waals surface area (Å²) >= 11 is 0. The lowest BCUT2D eigenvalue weighted by Gasteiger charge is -2.09. The number of nitrogens with zero attached hydrogens (tertiary/aromatic N) is 1. The average molecular weight is 349 g/mol. The van der Waals surface area contributed by atoms with E-state index in [1.807, 2.05) is 48.1 Å². The SMILES string of the molecule is CCOc1ccc(C(=O)NNC(=O)c2ccc(-n3cccc3)cc2)cc1. The highest BCUT2D eigenvalue weighted by atomic mass is 16.5. The van der Waals surface area contributed by atoms with Crippen LogP contribution in [0.3, 0.4) is 0 Å².